The molecule has 1 aliphatic carbocycles. The van der Waals surface area contributed by atoms with Gasteiger partial charge in [0.2, 0.25) is 10.0 Å². The molecular weight excluding hydrogens is 298 g/mol. The fraction of sp³-hybridized carbons (Fsp3) is 0.500. The number of nitrogens with zero attached hydrogens (tertiary/aromatic N) is 1. The minimum Gasteiger partial charge on any atom is -0.388 e. The van der Waals surface area contributed by atoms with E-state index in [0.29, 0.717) is 5.69 Å². The number of sulfonamides is 1. The van der Waals surface area contributed by atoms with Crippen molar-refractivity contribution in [1.82, 2.24) is 9.71 Å². The standard InChI is InChI=1S/C12H17N3O3S2/c1-18-12(5-2-6-12)8-15-20(16,17)9-3-4-10(11(13)19)14-7-9/h3-4,7,15H,2,5-6,8H2,1H3,(H2,13,19). The van der Waals surface area contributed by atoms with Gasteiger partial charge in [-0.3, -0.25) is 4.98 Å². The highest BCUT2D eigenvalue weighted by Gasteiger charge is 2.38. The Balaban J connectivity index is 2.08. The fourth-order valence-electron chi connectivity index (χ4n) is 2.02. The predicted octanol–water partition coefficient (Wildman–Crippen LogP) is 0.563. The zero-order valence-electron chi connectivity index (χ0n) is 11.1. The number of hydrogen-bond acceptors (Lipinski definition) is 5. The summed E-state index contributed by atoms with van der Waals surface area (Å²) >= 11 is 4.77. The Kier molecular flexibility index (Phi) is 4.38. The van der Waals surface area contributed by atoms with Crippen molar-refractivity contribution < 1.29 is 13.2 Å². The smallest absolute Gasteiger partial charge is 0.242 e. The number of aromatic nitrogens is 1. The maximum absolute atomic E-state index is 12.1. The molecule has 1 saturated carbocycles. The third kappa shape index (κ3) is 3.14. The Morgan fingerprint density at radius 3 is 2.65 bits per heavy atom. The second-order valence-corrected chi connectivity index (χ2v) is 7.02. The number of methoxy groups -OCH3 is 1. The molecule has 0 aromatic carbocycles. The summed E-state index contributed by atoms with van der Waals surface area (Å²) in [6.07, 6.45) is 4.03. The zero-order chi connectivity index (χ0) is 14.8. The highest BCUT2D eigenvalue weighted by atomic mass is 32.2. The molecule has 6 nitrogen and oxygen atoms in total. The van der Waals surface area contributed by atoms with Crippen LogP contribution in [0.5, 0.6) is 0 Å². The van der Waals surface area contributed by atoms with Crippen molar-refractivity contribution >= 4 is 27.2 Å². The average molecular weight is 315 g/mol. The van der Waals surface area contributed by atoms with Crippen LogP contribution in [0.2, 0.25) is 0 Å². The van der Waals surface area contributed by atoms with E-state index in [0.717, 1.165) is 19.3 Å². The molecule has 1 aromatic rings. The van der Waals surface area contributed by atoms with Crippen LogP contribution in [-0.2, 0) is 14.8 Å². The maximum Gasteiger partial charge on any atom is 0.242 e. The molecule has 1 aromatic heterocycles. The number of thiocarbonyl (C=S) groups is 1. The molecule has 20 heavy (non-hydrogen) atoms. The van der Waals surface area contributed by atoms with Crippen molar-refractivity contribution in [3.8, 4) is 0 Å². The van der Waals surface area contributed by atoms with E-state index in [1.807, 2.05) is 0 Å². The molecule has 1 heterocycles. The van der Waals surface area contributed by atoms with E-state index in [4.69, 9.17) is 22.7 Å². The largest absolute Gasteiger partial charge is 0.388 e. The molecule has 3 N–H and O–H groups in total. The summed E-state index contributed by atoms with van der Waals surface area (Å²) in [4.78, 5) is 4.15. The van der Waals surface area contributed by atoms with Gasteiger partial charge in [0.05, 0.1) is 11.3 Å². The third-order valence-corrected chi connectivity index (χ3v) is 5.18. The molecule has 1 fully saturated rings. The molecule has 110 valence electrons. The molecule has 0 spiro atoms. The van der Waals surface area contributed by atoms with E-state index in [1.165, 1.54) is 18.3 Å². The van der Waals surface area contributed by atoms with Gasteiger partial charge in [-0.05, 0) is 31.4 Å². The van der Waals surface area contributed by atoms with Crippen molar-refractivity contribution in [3.05, 3.63) is 24.0 Å². The molecule has 0 atom stereocenters. The topological polar surface area (TPSA) is 94.3 Å². The number of ether oxygens (including phenoxy) is 1. The van der Waals surface area contributed by atoms with E-state index >= 15 is 0 Å². The summed E-state index contributed by atoms with van der Waals surface area (Å²) in [5.41, 5.74) is 5.45. The van der Waals surface area contributed by atoms with Gasteiger partial charge in [-0.25, -0.2) is 13.1 Å². The lowest BCUT2D eigenvalue weighted by Crippen LogP contribution is -2.49. The molecule has 8 heteroatoms. The second-order valence-electron chi connectivity index (χ2n) is 4.81. The Morgan fingerprint density at radius 2 is 2.25 bits per heavy atom. The molecule has 0 bridgehead atoms. The lowest BCUT2D eigenvalue weighted by molar-refractivity contribution is -0.0659. The normalized spacial score (nSPS) is 17.4. The first-order chi connectivity index (χ1) is 9.38. The first-order valence-corrected chi connectivity index (χ1v) is 8.08. The molecule has 0 unspecified atom stereocenters. The SMILES string of the molecule is COC1(CNS(=O)(=O)c2ccc(C(N)=S)nc2)CCC1. The summed E-state index contributed by atoms with van der Waals surface area (Å²) < 4.78 is 32.2. The zero-order valence-corrected chi connectivity index (χ0v) is 12.8. The first kappa shape index (κ1) is 15.3. The van der Waals surface area contributed by atoms with Crippen LogP contribution in [0.3, 0.4) is 0 Å². The monoisotopic (exact) mass is 315 g/mol. The molecule has 0 saturated heterocycles. The van der Waals surface area contributed by atoms with Gasteiger partial charge in [0.15, 0.2) is 0 Å². The minimum atomic E-state index is -3.60. The Labute approximate surface area is 123 Å². The van der Waals surface area contributed by atoms with Crippen LogP contribution >= 0.6 is 12.2 Å². The van der Waals surface area contributed by atoms with E-state index in [9.17, 15) is 8.42 Å². The first-order valence-electron chi connectivity index (χ1n) is 6.19. The van der Waals surface area contributed by atoms with Gasteiger partial charge >= 0.3 is 0 Å². The number of pyridine rings is 1. The van der Waals surface area contributed by atoms with Crippen molar-refractivity contribution in [1.29, 1.82) is 0 Å². The van der Waals surface area contributed by atoms with Gasteiger partial charge in [0.1, 0.15) is 9.88 Å². The summed E-state index contributed by atoms with van der Waals surface area (Å²) in [6.45, 7) is 0.267. The van der Waals surface area contributed by atoms with Gasteiger partial charge in [-0.1, -0.05) is 12.2 Å². The summed E-state index contributed by atoms with van der Waals surface area (Å²) in [6, 6.07) is 2.93. The van der Waals surface area contributed by atoms with Crippen LogP contribution in [0.25, 0.3) is 0 Å². The molecule has 0 amide bonds. The number of nitrogens with two attached hydrogens (primary N) is 1. The highest BCUT2D eigenvalue weighted by Crippen LogP contribution is 2.34. The minimum absolute atomic E-state index is 0.0862. The van der Waals surface area contributed by atoms with Crippen molar-refractivity contribution in [2.75, 3.05) is 13.7 Å². The average Bonchev–Trinajstić information content (AvgIpc) is 2.38. The van der Waals surface area contributed by atoms with Crippen LogP contribution in [0, 0.1) is 0 Å². The van der Waals surface area contributed by atoms with E-state index in [-0.39, 0.29) is 22.0 Å². The number of hydrogen-bond donors (Lipinski definition) is 2. The van der Waals surface area contributed by atoms with Gasteiger partial charge in [-0.2, -0.15) is 0 Å². The molecular formula is C12H17N3O3S2. The van der Waals surface area contributed by atoms with E-state index in [1.54, 1.807) is 7.11 Å². The fourth-order valence-corrected chi connectivity index (χ4v) is 3.20. The molecule has 2 rings (SSSR count). The second kappa shape index (κ2) is 5.72. The Hall–Kier alpha value is -1.09. The van der Waals surface area contributed by atoms with Crippen LogP contribution in [-0.4, -0.2) is 37.6 Å². The highest BCUT2D eigenvalue weighted by molar-refractivity contribution is 7.89. The van der Waals surface area contributed by atoms with E-state index in [2.05, 4.69) is 9.71 Å². The lowest BCUT2D eigenvalue weighted by atomic mass is 9.80. The quantitative estimate of drug-likeness (QED) is 0.745. The molecule has 0 radical (unpaired) electrons. The Morgan fingerprint density at radius 1 is 1.55 bits per heavy atom. The summed E-state index contributed by atoms with van der Waals surface area (Å²) in [5, 5.41) is 0. The lowest BCUT2D eigenvalue weighted by Gasteiger charge is -2.40. The van der Waals surface area contributed by atoms with Gasteiger partial charge in [0, 0.05) is 19.9 Å². The number of nitrogens with one attached hydrogen (secondary N) is 1. The molecule has 0 aliphatic heterocycles. The van der Waals surface area contributed by atoms with Crippen molar-refractivity contribution in [2.24, 2.45) is 5.73 Å². The van der Waals surface area contributed by atoms with Crippen LogP contribution in [0.15, 0.2) is 23.2 Å². The van der Waals surface area contributed by atoms with Crippen LogP contribution < -0.4 is 10.5 Å². The van der Waals surface area contributed by atoms with Crippen LogP contribution in [0.4, 0.5) is 0 Å². The summed E-state index contributed by atoms with van der Waals surface area (Å²) in [5.74, 6) is 0. The third-order valence-electron chi connectivity index (χ3n) is 3.58. The number of rotatable bonds is 6. The molecule has 1 aliphatic rings. The van der Waals surface area contributed by atoms with Gasteiger partial charge < -0.3 is 10.5 Å². The Bertz CT molecular complexity index is 589. The summed E-state index contributed by atoms with van der Waals surface area (Å²) in [7, 11) is -2.00. The van der Waals surface area contributed by atoms with Crippen molar-refractivity contribution in [3.63, 3.8) is 0 Å². The van der Waals surface area contributed by atoms with Gasteiger partial charge in [-0.15, -0.1) is 0 Å². The van der Waals surface area contributed by atoms with Crippen molar-refractivity contribution in [2.45, 2.75) is 29.8 Å². The van der Waals surface area contributed by atoms with Crippen LogP contribution in [0.1, 0.15) is 25.0 Å². The van der Waals surface area contributed by atoms with E-state index < -0.39 is 10.0 Å². The maximum atomic E-state index is 12.1. The van der Waals surface area contributed by atoms with Gasteiger partial charge in [0.25, 0.3) is 0 Å². The predicted molar refractivity (Wildman–Crippen MR) is 78.9 cm³/mol.